The second kappa shape index (κ2) is 12.4. The molecule has 17 heteroatoms. The van der Waals surface area contributed by atoms with Gasteiger partial charge in [-0.1, -0.05) is 13.8 Å². The number of nitro benzene ring substituents is 2. The first-order chi connectivity index (χ1) is 18.5. The Morgan fingerprint density at radius 3 is 2.08 bits per heavy atom. The van der Waals surface area contributed by atoms with Gasteiger partial charge in [0.1, 0.15) is 0 Å². The Kier molecular flexibility index (Phi) is 9.29. The number of carbonyl (C=O) groups excluding carboxylic acids is 2. The number of ketones is 2. The Balaban J connectivity index is 2.11. The molecule has 15 nitrogen and oxygen atoms in total. The highest BCUT2D eigenvalue weighted by Crippen LogP contribution is 2.49. The topological polar surface area (TPSA) is 201 Å². The quantitative estimate of drug-likeness (QED) is 0.105. The molecule has 0 bridgehead atoms. The number of Topliss-reactive ketones (excluding diaryl/α,β-unsaturated/α-hetero) is 2. The maximum Gasteiger partial charge on any atom is 0.369 e. The molecule has 1 aromatic heterocycles. The molecule has 0 aliphatic rings. The number of carbonyl (C=O) groups is 2. The van der Waals surface area contributed by atoms with Crippen LogP contribution in [0.4, 0.5) is 17.1 Å². The van der Waals surface area contributed by atoms with Crippen LogP contribution in [0.25, 0.3) is 5.69 Å². The maximum absolute atomic E-state index is 13.9. The van der Waals surface area contributed by atoms with Crippen LogP contribution in [0.5, 0.6) is 0 Å². The van der Waals surface area contributed by atoms with Crippen molar-refractivity contribution in [1.82, 2.24) is 9.17 Å². The number of non-ortho nitro benzene ring substituents is 2. The van der Waals surface area contributed by atoms with E-state index in [4.69, 9.17) is 4.52 Å². The van der Waals surface area contributed by atoms with E-state index >= 15 is 0 Å². The van der Waals surface area contributed by atoms with Crippen LogP contribution in [0.15, 0.2) is 58.4 Å². The molecular weight excluding hydrogens is 553 g/mol. The lowest BCUT2D eigenvalue weighted by molar-refractivity contribution is -0.385. The average molecular weight is 576 g/mol. The lowest BCUT2D eigenvalue weighted by atomic mass is 10.2. The molecule has 1 N–H and O–H groups in total. The van der Waals surface area contributed by atoms with Crippen LogP contribution in [0.3, 0.4) is 0 Å². The molecule has 0 aliphatic carbocycles. The van der Waals surface area contributed by atoms with E-state index in [9.17, 15) is 34.4 Å². The lowest BCUT2D eigenvalue weighted by Gasteiger charge is -2.12. The molecule has 0 spiro atoms. The first-order valence-electron chi connectivity index (χ1n) is 11.3. The van der Waals surface area contributed by atoms with Gasteiger partial charge in [0.15, 0.2) is 21.9 Å². The minimum Gasteiger partial charge on any atom is -0.311 e. The molecule has 1 heterocycles. The molecule has 0 saturated heterocycles. The Hall–Kier alpha value is -4.40. The molecule has 3 rings (SSSR count). The summed E-state index contributed by atoms with van der Waals surface area (Å²) in [6, 6.07) is 10.5. The van der Waals surface area contributed by atoms with Crippen LogP contribution in [0.2, 0.25) is 0 Å². The molecular formula is C22H22N7O8PS. The molecule has 0 amide bonds. The highest BCUT2D eigenvalue weighted by atomic mass is 32.1. The zero-order valence-electron chi connectivity index (χ0n) is 20.8. The van der Waals surface area contributed by atoms with Gasteiger partial charge in [-0.15, -0.1) is 0 Å². The molecule has 0 radical (unpaired) electrons. The highest BCUT2D eigenvalue weighted by Gasteiger charge is 2.35. The number of hydrogen-bond acceptors (Lipinski definition) is 12. The Bertz CT molecular complexity index is 1560. The van der Waals surface area contributed by atoms with Crippen molar-refractivity contribution in [3.05, 3.63) is 79.1 Å². The van der Waals surface area contributed by atoms with Gasteiger partial charge >= 0.3 is 7.52 Å². The zero-order chi connectivity index (χ0) is 28.7. The van der Waals surface area contributed by atoms with Gasteiger partial charge < -0.3 is 4.52 Å². The number of nitrogens with zero attached hydrogens (tertiary/aromatic N) is 6. The molecule has 39 heavy (non-hydrogen) atoms. The smallest absolute Gasteiger partial charge is 0.311 e. The molecule has 3 aromatic rings. The predicted molar refractivity (Wildman–Crippen MR) is 142 cm³/mol. The van der Waals surface area contributed by atoms with E-state index in [-0.39, 0.29) is 40.3 Å². The molecule has 204 valence electrons. The summed E-state index contributed by atoms with van der Waals surface area (Å²) in [6.07, 6.45) is -0.0593. The van der Waals surface area contributed by atoms with Gasteiger partial charge in [0.05, 0.1) is 21.2 Å². The van der Waals surface area contributed by atoms with Gasteiger partial charge in [-0.2, -0.15) is 19.0 Å². The predicted octanol–water partition coefficient (Wildman–Crippen LogP) is 4.49. The van der Waals surface area contributed by atoms with Crippen molar-refractivity contribution in [2.75, 3.05) is 12.5 Å². The summed E-state index contributed by atoms with van der Waals surface area (Å²) in [4.78, 5) is 46.1. The molecule has 0 aliphatic heterocycles. The van der Waals surface area contributed by atoms with Crippen LogP contribution in [-0.4, -0.2) is 43.1 Å². The number of nitro groups is 2. The highest BCUT2D eigenvalue weighted by molar-refractivity contribution is 7.78. The summed E-state index contributed by atoms with van der Waals surface area (Å²) in [7, 11) is -3.30. The third-order valence-electron chi connectivity index (χ3n) is 5.11. The monoisotopic (exact) mass is 575 g/mol. The van der Waals surface area contributed by atoms with Gasteiger partial charge in [0.25, 0.3) is 11.4 Å². The minimum absolute atomic E-state index is 0.0420. The second-order valence-corrected chi connectivity index (χ2v) is 10.5. The van der Waals surface area contributed by atoms with E-state index in [1.54, 1.807) is 6.92 Å². The van der Waals surface area contributed by atoms with Crippen molar-refractivity contribution in [2.45, 2.75) is 26.7 Å². The first kappa shape index (κ1) is 29.2. The molecule has 1 atom stereocenters. The molecule has 0 fully saturated rings. The summed E-state index contributed by atoms with van der Waals surface area (Å²) >= 11 is 0.814. The summed E-state index contributed by atoms with van der Waals surface area (Å²) in [6.45, 7) is 3.12. The fraction of sp³-hybridized carbons (Fsp3) is 0.227. The summed E-state index contributed by atoms with van der Waals surface area (Å²) < 4.78 is 24.4. The van der Waals surface area contributed by atoms with Crippen LogP contribution < -0.4 is 10.1 Å². The SMILES string of the molecule is CCC(=O)/C(=N/Nc1ccc([N+](=O)[O-])cc1)[P@@](=O)(N=c1sn(-c2ccc([N+](=O)[O-])cc2)nc1C(=O)CC)OC. The van der Waals surface area contributed by atoms with E-state index in [0.717, 1.165) is 18.6 Å². The maximum atomic E-state index is 13.9. The van der Waals surface area contributed by atoms with E-state index in [0.29, 0.717) is 5.69 Å². The van der Waals surface area contributed by atoms with Gasteiger partial charge in [0.2, 0.25) is 5.45 Å². The van der Waals surface area contributed by atoms with Crippen molar-refractivity contribution >= 4 is 53.1 Å². The number of hydrogen-bond donors (Lipinski definition) is 1. The van der Waals surface area contributed by atoms with Crippen molar-refractivity contribution in [3.8, 4) is 5.69 Å². The van der Waals surface area contributed by atoms with Crippen LogP contribution in [-0.2, 0) is 13.9 Å². The number of aromatic nitrogens is 2. The van der Waals surface area contributed by atoms with Gasteiger partial charge in [-0.05, 0) is 35.8 Å². The van der Waals surface area contributed by atoms with Crippen LogP contribution in [0.1, 0.15) is 37.2 Å². The minimum atomic E-state index is -4.37. The zero-order valence-corrected chi connectivity index (χ0v) is 22.5. The number of nitrogens with one attached hydrogen (secondary N) is 1. The largest absolute Gasteiger partial charge is 0.369 e. The third-order valence-corrected chi connectivity index (χ3v) is 8.01. The number of rotatable bonds is 12. The second-order valence-electron chi connectivity index (χ2n) is 7.60. The summed E-state index contributed by atoms with van der Waals surface area (Å²) in [5, 5.41) is 30.0. The fourth-order valence-electron chi connectivity index (χ4n) is 3.01. The van der Waals surface area contributed by atoms with E-state index in [1.165, 1.54) is 59.5 Å². The Morgan fingerprint density at radius 2 is 1.59 bits per heavy atom. The van der Waals surface area contributed by atoms with Crippen molar-refractivity contribution in [2.24, 2.45) is 9.86 Å². The number of anilines is 1. The standard InChI is InChI=1S/C22H22N7O8PS/c1-4-18(30)20-22(39-27(25-20)15-10-12-17(13-11-15)29(34)35)26-38(36,37-3)21(19(31)5-2)24-23-14-6-8-16(9-7-14)28(32)33/h6-13,23H,4-5H2,1-3H3/b24-21-,26-22?/t38-/m0/s1. The summed E-state index contributed by atoms with van der Waals surface area (Å²) in [5.74, 6) is -1.09. The van der Waals surface area contributed by atoms with Crippen molar-refractivity contribution in [3.63, 3.8) is 0 Å². The van der Waals surface area contributed by atoms with E-state index < -0.39 is 34.4 Å². The fourth-order valence-corrected chi connectivity index (χ4v) is 5.57. The van der Waals surface area contributed by atoms with E-state index in [2.05, 4.69) is 20.4 Å². The van der Waals surface area contributed by atoms with Crippen LogP contribution in [0, 0.1) is 20.2 Å². The number of benzene rings is 2. The normalized spacial score (nSPS) is 13.5. The Labute approximate surface area is 224 Å². The molecule has 2 aromatic carbocycles. The molecule has 0 saturated carbocycles. The van der Waals surface area contributed by atoms with Gasteiger partial charge in [-0.25, -0.2) is 0 Å². The van der Waals surface area contributed by atoms with E-state index in [1.807, 2.05) is 0 Å². The first-order valence-corrected chi connectivity index (χ1v) is 13.6. The van der Waals surface area contributed by atoms with Crippen LogP contribution >= 0.6 is 19.1 Å². The lowest BCUT2D eigenvalue weighted by Crippen LogP contribution is -2.18. The summed E-state index contributed by atoms with van der Waals surface area (Å²) in [5.41, 5.74) is 2.20. The van der Waals surface area contributed by atoms with Gasteiger partial charge in [0, 0.05) is 44.2 Å². The van der Waals surface area contributed by atoms with Crippen molar-refractivity contribution < 1.29 is 28.5 Å². The third kappa shape index (κ3) is 6.73. The van der Waals surface area contributed by atoms with Gasteiger partial charge in [-0.3, -0.25) is 39.8 Å². The number of hydrazone groups is 1. The molecule has 0 unspecified atom stereocenters. The Morgan fingerprint density at radius 1 is 1.03 bits per heavy atom. The van der Waals surface area contributed by atoms with Crippen molar-refractivity contribution in [1.29, 1.82) is 0 Å². The average Bonchev–Trinajstić information content (AvgIpc) is 3.36.